The standard InChI is InChI=1S/C16H17ClO4/c1-8-6-11(9(2)18)15(14(8)16(20)21-3)12-7-10(17)4-5-13(12)19/h4-5,7,11,15,19H,6H2,1-3H3/t11-,15+/m1/s1. The SMILES string of the molecule is COC(=O)C1=C(C)C[C@H](C(C)=O)[C@H]1c1cc(Cl)ccc1O. The van der Waals surface area contributed by atoms with Crippen LogP contribution >= 0.6 is 11.6 Å². The molecule has 0 saturated heterocycles. The molecule has 0 amide bonds. The predicted molar refractivity (Wildman–Crippen MR) is 79.4 cm³/mol. The number of aromatic hydroxyl groups is 1. The Labute approximate surface area is 128 Å². The molecule has 21 heavy (non-hydrogen) atoms. The Morgan fingerprint density at radius 1 is 1.38 bits per heavy atom. The van der Waals surface area contributed by atoms with Crippen LogP contribution in [0.3, 0.4) is 0 Å². The van der Waals surface area contributed by atoms with E-state index in [4.69, 9.17) is 16.3 Å². The zero-order chi connectivity index (χ0) is 15.7. The lowest BCUT2D eigenvalue weighted by atomic mass is 9.82. The minimum Gasteiger partial charge on any atom is -0.508 e. The van der Waals surface area contributed by atoms with Crippen LogP contribution in [0, 0.1) is 5.92 Å². The molecule has 1 N–H and O–H groups in total. The lowest BCUT2D eigenvalue weighted by Crippen LogP contribution is -2.21. The smallest absolute Gasteiger partial charge is 0.334 e. The molecule has 0 saturated carbocycles. The van der Waals surface area contributed by atoms with Gasteiger partial charge in [-0.3, -0.25) is 4.79 Å². The number of phenolic OH excluding ortho intramolecular Hbond substituents is 1. The molecule has 0 spiro atoms. The Bertz CT molecular complexity index is 633. The molecule has 0 aliphatic heterocycles. The Balaban J connectivity index is 2.60. The van der Waals surface area contributed by atoms with Gasteiger partial charge in [0, 0.05) is 28.0 Å². The van der Waals surface area contributed by atoms with E-state index in [9.17, 15) is 14.7 Å². The molecular weight excluding hydrogens is 292 g/mol. The minimum absolute atomic E-state index is 0.0201. The molecular formula is C16H17ClO4. The first-order valence-corrected chi connectivity index (χ1v) is 7.01. The van der Waals surface area contributed by atoms with E-state index in [-0.39, 0.29) is 17.5 Å². The number of phenols is 1. The van der Waals surface area contributed by atoms with Crippen molar-refractivity contribution >= 4 is 23.4 Å². The van der Waals surface area contributed by atoms with Crippen molar-refractivity contribution < 1.29 is 19.4 Å². The lowest BCUT2D eigenvalue weighted by molar-refractivity contribution is -0.136. The number of carbonyl (C=O) groups excluding carboxylic acids is 2. The first-order valence-electron chi connectivity index (χ1n) is 6.63. The van der Waals surface area contributed by atoms with Crippen LogP contribution in [0.5, 0.6) is 5.75 Å². The number of ketones is 1. The summed E-state index contributed by atoms with van der Waals surface area (Å²) in [6.07, 6.45) is 0.483. The van der Waals surface area contributed by atoms with Crippen molar-refractivity contribution in [3.8, 4) is 5.75 Å². The van der Waals surface area contributed by atoms with Crippen LogP contribution in [0.25, 0.3) is 0 Å². The summed E-state index contributed by atoms with van der Waals surface area (Å²) < 4.78 is 4.83. The van der Waals surface area contributed by atoms with Crippen molar-refractivity contribution in [1.29, 1.82) is 0 Å². The second-order valence-corrected chi connectivity index (χ2v) is 5.72. The first-order chi connectivity index (χ1) is 9.86. The molecule has 2 rings (SSSR count). The maximum Gasteiger partial charge on any atom is 0.334 e. The van der Waals surface area contributed by atoms with Gasteiger partial charge in [0.15, 0.2) is 0 Å². The molecule has 0 bridgehead atoms. The summed E-state index contributed by atoms with van der Waals surface area (Å²) in [4.78, 5) is 24.0. The molecule has 1 aromatic carbocycles. The largest absolute Gasteiger partial charge is 0.508 e. The van der Waals surface area contributed by atoms with Crippen LogP contribution in [-0.2, 0) is 14.3 Å². The van der Waals surface area contributed by atoms with Crippen molar-refractivity contribution in [2.24, 2.45) is 5.92 Å². The number of hydrogen-bond donors (Lipinski definition) is 1. The maximum atomic E-state index is 12.1. The van der Waals surface area contributed by atoms with E-state index in [2.05, 4.69) is 0 Å². The molecule has 0 aromatic heterocycles. The number of benzene rings is 1. The van der Waals surface area contributed by atoms with Crippen molar-refractivity contribution in [2.45, 2.75) is 26.2 Å². The number of Topliss-reactive ketones (excluding diaryl/α,β-unsaturated/α-hetero) is 1. The molecule has 5 heteroatoms. The van der Waals surface area contributed by atoms with Crippen LogP contribution in [0.15, 0.2) is 29.3 Å². The van der Waals surface area contributed by atoms with Gasteiger partial charge in [-0.1, -0.05) is 17.2 Å². The fourth-order valence-electron chi connectivity index (χ4n) is 2.96. The van der Waals surface area contributed by atoms with Crippen LogP contribution in [-0.4, -0.2) is 24.0 Å². The van der Waals surface area contributed by atoms with Gasteiger partial charge in [0.1, 0.15) is 11.5 Å². The summed E-state index contributed by atoms with van der Waals surface area (Å²) in [6.45, 7) is 3.30. The highest BCUT2D eigenvalue weighted by Gasteiger charge is 2.41. The second kappa shape index (κ2) is 5.90. The van der Waals surface area contributed by atoms with E-state index in [1.54, 1.807) is 12.1 Å². The molecule has 0 heterocycles. The van der Waals surface area contributed by atoms with Gasteiger partial charge in [0.25, 0.3) is 0 Å². The van der Waals surface area contributed by atoms with Gasteiger partial charge in [-0.2, -0.15) is 0 Å². The number of ether oxygens (including phenoxy) is 1. The summed E-state index contributed by atoms with van der Waals surface area (Å²) in [5, 5.41) is 10.6. The quantitative estimate of drug-likeness (QED) is 0.871. The number of hydrogen-bond acceptors (Lipinski definition) is 4. The third-order valence-electron chi connectivity index (χ3n) is 3.95. The Morgan fingerprint density at radius 2 is 2.05 bits per heavy atom. The van der Waals surface area contributed by atoms with Crippen LogP contribution in [0.1, 0.15) is 31.7 Å². The number of esters is 1. The third-order valence-corrected chi connectivity index (χ3v) is 4.19. The summed E-state index contributed by atoms with van der Waals surface area (Å²) in [7, 11) is 1.30. The number of rotatable bonds is 3. The van der Waals surface area contributed by atoms with Crippen LogP contribution in [0.4, 0.5) is 0 Å². The summed E-state index contributed by atoms with van der Waals surface area (Å²) in [5.41, 5.74) is 1.74. The fourth-order valence-corrected chi connectivity index (χ4v) is 3.14. The van der Waals surface area contributed by atoms with Crippen molar-refractivity contribution in [2.75, 3.05) is 7.11 Å². The number of carbonyl (C=O) groups is 2. The summed E-state index contributed by atoms with van der Waals surface area (Å²) >= 11 is 5.99. The molecule has 112 valence electrons. The average Bonchev–Trinajstić information content (AvgIpc) is 2.78. The zero-order valence-electron chi connectivity index (χ0n) is 12.1. The summed E-state index contributed by atoms with van der Waals surface area (Å²) in [6, 6.07) is 4.63. The van der Waals surface area contributed by atoms with Gasteiger partial charge in [-0.15, -0.1) is 0 Å². The second-order valence-electron chi connectivity index (χ2n) is 5.29. The third kappa shape index (κ3) is 2.81. The molecule has 0 radical (unpaired) electrons. The van der Waals surface area contributed by atoms with Gasteiger partial charge in [0.2, 0.25) is 0 Å². The van der Waals surface area contributed by atoms with Crippen molar-refractivity contribution in [1.82, 2.24) is 0 Å². The van der Waals surface area contributed by atoms with E-state index >= 15 is 0 Å². The minimum atomic E-state index is -0.520. The monoisotopic (exact) mass is 308 g/mol. The van der Waals surface area contributed by atoms with Gasteiger partial charge >= 0.3 is 5.97 Å². The van der Waals surface area contributed by atoms with Gasteiger partial charge in [-0.25, -0.2) is 4.79 Å². The highest BCUT2D eigenvalue weighted by atomic mass is 35.5. The van der Waals surface area contributed by atoms with E-state index in [1.165, 1.54) is 20.1 Å². The number of allylic oxidation sites excluding steroid dienone is 1. The topological polar surface area (TPSA) is 63.6 Å². The molecule has 2 atom stereocenters. The van der Waals surface area contributed by atoms with Gasteiger partial charge < -0.3 is 9.84 Å². The molecule has 1 aliphatic rings. The van der Waals surface area contributed by atoms with Crippen LogP contribution < -0.4 is 0 Å². The first kappa shape index (κ1) is 15.6. The molecule has 1 aliphatic carbocycles. The van der Waals surface area contributed by atoms with Crippen molar-refractivity contribution in [3.05, 3.63) is 39.9 Å². The molecule has 0 unspecified atom stereocenters. The Morgan fingerprint density at radius 3 is 2.62 bits per heavy atom. The normalized spacial score (nSPS) is 21.5. The van der Waals surface area contributed by atoms with Gasteiger partial charge in [-0.05, 0) is 38.5 Å². The fraction of sp³-hybridized carbons (Fsp3) is 0.375. The van der Waals surface area contributed by atoms with Crippen LogP contribution in [0.2, 0.25) is 5.02 Å². The maximum absolute atomic E-state index is 12.1. The summed E-state index contributed by atoms with van der Waals surface area (Å²) in [5.74, 6) is -1.39. The Hall–Kier alpha value is -1.81. The van der Waals surface area contributed by atoms with E-state index in [1.807, 2.05) is 6.92 Å². The van der Waals surface area contributed by atoms with E-state index < -0.39 is 11.9 Å². The Kier molecular flexibility index (Phi) is 4.37. The molecule has 0 fully saturated rings. The highest BCUT2D eigenvalue weighted by molar-refractivity contribution is 6.30. The van der Waals surface area contributed by atoms with E-state index in [0.29, 0.717) is 22.6 Å². The van der Waals surface area contributed by atoms with Gasteiger partial charge in [0.05, 0.1) is 7.11 Å². The molecule has 1 aromatic rings. The number of methoxy groups -OCH3 is 1. The molecule has 4 nitrogen and oxygen atoms in total. The zero-order valence-corrected chi connectivity index (χ0v) is 12.9. The lowest BCUT2D eigenvalue weighted by Gasteiger charge is -2.21. The van der Waals surface area contributed by atoms with E-state index in [0.717, 1.165) is 5.57 Å². The average molecular weight is 309 g/mol. The number of halogens is 1. The highest BCUT2D eigenvalue weighted by Crippen LogP contribution is 2.47. The van der Waals surface area contributed by atoms with Crippen molar-refractivity contribution in [3.63, 3.8) is 0 Å². The predicted octanol–water partition coefficient (Wildman–Crippen LogP) is 3.23.